The van der Waals surface area contributed by atoms with Crippen LogP contribution in [-0.2, 0) is 4.79 Å². The van der Waals surface area contributed by atoms with Crippen LogP contribution in [-0.4, -0.2) is 21.6 Å². The summed E-state index contributed by atoms with van der Waals surface area (Å²) >= 11 is 12.2. The van der Waals surface area contributed by atoms with Crippen molar-refractivity contribution in [2.75, 3.05) is 10.6 Å². The normalized spacial score (nSPS) is 11.8. The van der Waals surface area contributed by atoms with E-state index in [1.807, 2.05) is 26.0 Å². The largest absolute Gasteiger partial charge is 0.324 e. The maximum atomic E-state index is 12.5. The first-order valence-corrected chi connectivity index (χ1v) is 9.70. The van der Waals surface area contributed by atoms with Gasteiger partial charge in [0.25, 0.3) is 5.91 Å². The highest BCUT2D eigenvalue weighted by molar-refractivity contribution is 6.32. The van der Waals surface area contributed by atoms with Crippen LogP contribution in [0.1, 0.15) is 34.6 Å². The molecular formula is C21H20Cl2N4O2. The number of hydrogen-bond donors (Lipinski definition) is 2. The number of nitrogens with one attached hydrogen (secondary N) is 2. The average Bonchev–Trinajstić information content (AvgIpc) is 3.17. The van der Waals surface area contributed by atoms with Gasteiger partial charge in [-0.05, 0) is 62.2 Å². The number of carbonyl (C=O) groups excluding carboxylic acids is 2. The third kappa shape index (κ3) is 4.96. The lowest BCUT2D eigenvalue weighted by Gasteiger charge is -2.13. The molecule has 3 rings (SSSR count). The molecule has 0 saturated carbocycles. The zero-order valence-electron chi connectivity index (χ0n) is 16.2. The number of benzene rings is 2. The monoisotopic (exact) mass is 430 g/mol. The molecule has 1 aromatic heterocycles. The first-order valence-electron chi connectivity index (χ1n) is 8.94. The number of aryl methyl sites for hydroxylation is 2. The third-order valence-corrected chi connectivity index (χ3v) is 5.30. The van der Waals surface area contributed by atoms with E-state index in [0.717, 1.165) is 11.1 Å². The highest BCUT2D eigenvalue weighted by Crippen LogP contribution is 2.22. The molecule has 2 N–H and O–H groups in total. The second-order valence-corrected chi connectivity index (χ2v) is 7.54. The lowest BCUT2D eigenvalue weighted by Crippen LogP contribution is -2.24. The maximum Gasteiger partial charge on any atom is 0.276 e. The standard InChI is InChI=1S/C21H20Cl2N4O2/c1-12-4-6-15(10-17(12)22)24-20(28)14(3)27-9-8-19(26-27)21(29)25-16-7-5-13(2)18(23)11-16/h4-11,14H,1-3H3,(H,24,28)(H,25,29)/t14-/m1/s1. The van der Waals surface area contributed by atoms with E-state index in [1.165, 1.54) is 4.68 Å². The van der Waals surface area contributed by atoms with E-state index in [0.29, 0.717) is 21.4 Å². The van der Waals surface area contributed by atoms with Crippen molar-refractivity contribution in [2.24, 2.45) is 0 Å². The van der Waals surface area contributed by atoms with Crippen molar-refractivity contribution in [1.29, 1.82) is 0 Å². The second-order valence-electron chi connectivity index (χ2n) is 6.73. The first-order chi connectivity index (χ1) is 13.7. The number of rotatable bonds is 5. The molecule has 0 spiro atoms. The third-order valence-electron chi connectivity index (χ3n) is 4.49. The van der Waals surface area contributed by atoms with E-state index >= 15 is 0 Å². The van der Waals surface area contributed by atoms with E-state index in [1.54, 1.807) is 43.5 Å². The van der Waals surface area contributed by atoms with Gasteiger partial charge in [0.15, 0.2) is 5.69 Å². The molecule has 3 aromatic rings. The molecule has 0 aliphatic rings. The van der Waals surface area contributed by atoms with Gasteiger partial charge in [-0.15, -0.1) is 0 Å². The van der Waals surface area contributed by atoms with Crippen LogP contribution in [0.15, 0.2) is 48.7 Å². The van der Waals surface area contributed by atoms with Crippen LogP contribution in [0.3, 0.4) is 0 Å². The smallest absolute Gasteiger partial charge is 0.276 e. The molecule has 0 fully saturated rings. The van der Waals surface area contributed by atoms with Gasteiger partial charge >= 0.3 is 0 Å². The van der Waals surface area contributed by atoms with Crippen LogP contribution in [0, 0.1) is 13.8 Å². The number of nitrogens with zero attached hydrogens (tertiary/aromatic N) is 2. The van der Waals surface area contributed by atoms with Crippen molar-refractivity contribution in [3.05, 3.63) is 75.5 Å². The number of aromatic nitrogens is 2. The maximum absolute atomic E-state index is 12.5. The summed E-state index contributed by atoms with van der Waals surface area (Å²) < 4.78 is 1.43. The zero-order valence-corrected chi connectivity index (χ0v) is 17.7. The molecule has 8 heteroatoms. The van der Waals surface area contributed by atoms with E-state index in [4.69, 9.17) is 23.2 Å². The molecule has 0 saturated heterocycles. The second kappa shape index (κ2) is 8.68. The van der Waals surface area contributed by atoms with E-state index in [-0.39, 0.29) is 17.5 Å². The molecule has 29 heavy (non-hydrogen) atoms. The Morgan fingerprint density at radius 2 is 1.48 bits per heavy atom. The molecule has 150 valence electrons. The molecule has 0 aliphatic heterocycles. The van der Waals surface area contributed by atoms with E-state index < -0.39 is 6.04 Å². The Hall–Kier alpha value is -2.83. The van der Waals surface area contributed by atoms with Gasteiger partial charge in [0.1, 0.15) is 6.04 Å². The number of anilines is 2. The van der Waals surface area contributed by atoms with Crippen molar-refractivity contribution in [3.8, 4) is 0 Å². The minimum atomic E-state index is -0.620. The van der Waals surface area contributed by atoms with Crippen LogP contribution in [0.2, 0.25) is 10.0 Å². The van der Waals surface area contributed by atoms with Crippen LogP contribution in [0.4, 0.5) is 11.4 Å². The predicted molar refractivity (Wildman–Crippen MR) is 116 cm³/mol. The summed E-state index contributed by atoms with van der Waals surface area (Å²) in [4.78, 5) is 24.9. The summed E-state index contributed by atoms with van der Waals surface area (Å²) in [5.41, 5.74) is 3.21. The van der Waals surface area contributed by atoms with Crippen molar-refractivity contribution in [2.45, 2.75) is 26.8 Å². The van der Waals surface area contributed by atoms with Crippen LogP contribution in [0.25, 0.3) is 0 Å². The Kier molecular flexibility index (Phi) is 6.25. The van der Waals surface area contributed by atoms with E-state index in [9.17, 15) is 9.59 Å². The molecule has 0 aliphatic carbocycles. The molecule has 0 bridgehead atoms. The predicted octanol–water partition coefficient (Wildman–Crippen LogP) is 5.26. The molecule has 2 aromatic carbocycles. The van der Waals surface area contributed by atoms with Crippen molar-refractivity contribution >= 4 is 46.4 Å². The molecule has 0 radical (unpaired) electrons. The minimum absolute atomic E-state index is 0.194. The summed E-state index contributed by atoms with van der Waals surface area (Å²) in [6.07, 6.45) is 1.59. The Labute approximate surface area is 178 Å². The summed E-state index contributed by atoms with van der Waals surface area (Å²) in [5.74, 6) is -0.660. The number of carbonyl (C=O) groups is 2. The lowest BCUT2D eigenvalue weighted by atomic mass is 10.2. The fraction of sp³-hybridized carbons (Fsp3) is 0.190. The van der Waals surface area contributed by atoms with Crippen molar-refractivity contribution < 1.29 is 9.59 Å². The minimum Gasteiger partial charge on any atom is -0.324 e. The van der Waals surface area contributed by atoms with Gasteiger partial charge in [-0.3, -0.25) is 14.3 Å². The van der Waals surface area contributed by atoms with Gasteiger partial charge in [0.2, 0.25) is 5.91 Å². The van der Waals surface area contributed by atoms with Gasteiger partial charge in [0, 0.05) is 27.6 Å². The summed E-state index contributed by atoms with van der Waals surface area (Å²) in [5, 5.41) is 10.9. The molecule has 0 unspecified atom stereocenters. The fourth-order valence-corrected chi connectivity index (χ4v) is 2.94. The lowest BCUT2D eigenvalue weighted by molar-refractivity contribution is -0.119. The van der Waals surface area contributed by atoms with Gasteiger partial charge in [-0.1, -0.05) is 35.3 Å². The quantitative estimate of drug-likeness (QED) is 0.579. The number of hydrogen-bond acceptors (Lipinski definition) is 3. The molecule has 1 atom stereocenters. The topological polar surface area (TPSA) is 76.0 Å². The Morgan fingerprint density at radius 3 is 2.03 bits per heavy atom. The first kappa shape index (κ1) is 20.9. The highest BCUT2D eigenvalue weighted by atomic mass is 35.5. The average molecular weight is 431 g/mol. The Bertz CT molecular complexity index is 1080. The SMILES string of the molecule is Cc1ccc(NC(=O)c2ccn([C@H](C)C(=O)Nc3ccc(C)c(Cl)c3)n2)cc1Cl. The van der Waals surface area contributed by atoms with Crippen molar-refractivity contribution in [1.82, 2.24) is 9.78 Å². The number of amides is 2. The Balaban J connectivity index is 1.67. The molecule has 2 amide bonds. The fourth-order valence-electron chi connectivity index (χ4n) is 2.58. The van der Waals surface area contributed by atoms with E-state index in [2.05, 4.69) is 15.7 Å². The zero-order chi connectivity index (χ0) is 21.1. The summed E-state index contributed by atoms with van der Waals surface area (Å²) in [6, 6.07) is 11.5. The van der Waals surface area contributed by atoms with Crippen LogP contribution in [0.5, 0.6) is 0 Å². The summed E-state index contributed by atoms with van der Waals surface area (Å²) in [7, 11) is 0. The van der Waals surface area contributed by atoms with Crippen molar-refractivity contribution in [3.63, 3.8) is 0 Å². The number of halogens is 2. The van der Waals surface area contributed by atoms with Gasteiger partial charge < -0.3 is 10.6 Å². The molecule has 1 heterocycles. The van der Waals surface area contributed by atoms with Gasteiger partial charge in [-0.2, -0.15) is 5.10 Å². The van der Waals surface area contributed by atoms with Crippen LogP contribution >= 0.6 is 23.2 Å². The van der Waals surface area contributed by atoms with Gasteiger partial charge in [-0.25, -0.2) is 0 Å². The highest BCUT2D eigenvalue weighted by Gasteiger charge is 2.18. The van der Waals surface area contributed by atoms with Crippen LogP contribution < -0.4 is 10.6 Å². The summed E-state index contributed by atoms with van der Waals surface area (Å²) in [6.45, 7) is 5.46. The van der Waals surface area contributed by atoms with Gasteiger partial charge in [0.05, 0.1) is 0 Å². The molecule has 6 nitrogen and oxygen atoms in total. The Morgan fingerprint density at radius 1 is 0.931 bits per heavy atom. The molecular weight excluding hydrogens is 411 g/mol.